The molecule has 1 heterocycles. The largest absolute Gasteiger partial charge is 0.322 e. The summed E-state index contributed by atoms with van der Waals surface area (Å²) in [4.78, 5) is 14.3. The summed E-state index contributed by atoms with van der Waals surface area (Å²) in [5.41, 5.74) is 5.78. The average molecular weight is 419 g/mol. The van der Waals surface area contributed by atoms with E-state index < -0.39 is 0 Å². The summed E-state index contributed by atoms with van der Waals surface area (Å²) >= 11 is 5.96. The molecule has 4 rings (SSSR count). The van der Waals surface area contributed by atoms with Crippen molar-refractivity contribution in [3.63, 3.8) is 0 Å². The molecule has 5 nitrogen and oxygen atoms in total. The van der Waals surface area contributed by atoms with Gasteiger partial charge in [-0.2, -0.15) is 4.80 Å². The van der Waals surface area contributed by atoms with Crippen LogP contribution in [0, 0.1) is 6.92 Å². The van der Waals surface area contributed by atoms with Crippen molar-refractivity contribution in [3.05, 3.63) is 82.4 Å². The van der Waals surface area contributed by atoms with Crippen LogP contribution < -0.4 is 5.32 Å². The van der Waals surface area contributed by atoms with Gasteiger partial charge in [0.05, 0.1) is 5.69 Å². The topological polar surface area (TPSA) is 59.8 Å². The van der Waals surface area contributed by atoms with Crippen molar-refractivity contribution in [2.24, 2.45) is 0 Å². The summed E-state index contributed by atoms with van der Waals surface area (Å²) in [6.07, 6.45) is 0. The van der Waals surface area contributed by atoms with E-state index in [0.717, 1.165) is 22.5 Å². The predicted molar refractivity (Wildman–Crippen MR) is 122 cm³/mol. The molecule has 30 heavy (non-hydrogen) atoms. The summed E-state index contributed by atoms with van der Waals surface area (Å²) < 4.78 is 0. The zero-order valence-corrected chi connectivity index (χ0v) is 18.2. The minimum Gasteiger partial charge on any atom is -0.322 e. The summed E-state index contributed by atoms with van der Waals surface area (Å²) in [6, 6.07) is 18.8. The average Bonchev–Trinajstić information content (AvgIpc) is 3.11. The van der Waals surface area contributed by atoms with Crippen molar-refractivity contribution >= 4 is 34.2 Å². The summed E-state index contributed by atoms with van der Waals surface area (Å²) in [5.74, 6) is -0.150. The molecular weight excluding hydrogens is 396 g/mol. The van der Waals surface area contributed by atoms with E-state index >= 15 is 0 Å². The number of rotatable bonds is 3. The van der Waals surface area contributed by atoms with Gasteiger partial charge in [-0.15, -0.1) is 10.2 Å². The minimum absolute atomic E-state index is 0.0482. The number of hydrogen-bond donors (Lipinski definition) is 1. The lowest BCUT2D eigenvalue weighted by atomic mass is 9.87. The van der Waals surface area contributed by atoms with Crippen LogP contribution in [0.25, 0.3) is 16.7 Å². The van der Waals surface area contributed by atoms with Crippen LogP contribution in [0.3, 0.4) is 0 Å². The van der Waals surface area contributed by atoms with E-state index in [1.165, 1.54) is 5.56 Å². The van der Waals surface area contributed by atoms with E-state index in [2.05, 4.69) is 36.3 Å². The Balaban J connectivity index is 1.60. The van der Waals surface area contributed by atoms with Crippen molar-refractivity contribution in [2.45, 2.75) is 33.1 Å². The van der Waals surface area contributed by atoms with E-state index in [-0.39, 0.29) is 11.3 Å². The molecule has 0 saturated heterocycles. The number of aromatic nitrogens is 3. The second kappa shape index (κ2) is 7.58. The van der Waals surface area contributed by atoms with Crippen LogP contribution in [0.15, 0.2) is 60.7 Å². The number of nitrogens with one attached hydrogen (secondary N) is 1. The number of hydrogen-bond acceptors (Lipinski definition) is 3. The second-order valence-electron chi connectivity index (χ2n) is 8.40. The quantitative estimate of drug-likeness (QED) is 0.448. The third-order valence-electron chi connectivity index (χ3n) is 5.05. The molecule has 1 N–H and O–H groups in total. The predicted octanol–water partition coefficient (Wildman–Crippen LogP) is 5.93. The third kappa shape index (κ3) is 4.07. The fourth-order valence-electron chi connectivity index (χ4n) is 3.21. The molecule has 4 aromatic rings. The van der Waals surface area contributed by atoms with Gasteiger partial charge in [0.2, 0.25) is 0 Å². The zero-order valence-electron chi connectivity index (χ0n) is 17.4. The first-order chi connectivity index (χ1) is 14.2. The first-order valence-corrected chi connectivity index (χ1v) is 10.1. The van der Waals surface area contributed by atoms with E-state index in [0.29, 0.717) is 16.1 Å². The molecule has 152 valence electrons. The molecule has 0 bridgehead atoms. The van der Waals surface area contributed by atoms with Crippen molar-refractivity contribution in [3.8, 4) is 5.69 Å². The van der Waals surface area contributed by atoms with Crippen LogP contribution >= 0.6 is 11.6 Å². The summed E-state index contributed by atoms with van der Waals surface area (Å²) in [5, 5.41) is 12.7. The Morgan fingerprint density at radius 1 is 0.933 bits per heavy atom. The fraction of sp³-hybridized carbons (Fsp3) is 0.208. The molecule has 3 aromatic carbocycles. The normalized spacial score (nSPS) is 11.6. The first kappa shape index (κ1) is 20.1. The molecule has 0 aliphatic carbocycles. The lowest BCUT2D eigenvalue weighted by molar-refractivity contribution is 0.102. The lowest BCUT2D eigenvalue weighted by Crippen LogP contribution is -2.14. The molecule has 0 radical (unpaired) electrons. The highest BCUT2D eigenvalue weighted by Gasteiger charge is 2.15. The van der Waals surface area contributed by atoms with E-state index in [1.54, 1.807) is 16.9 Å². The van der Waals surface area contributed by atoms with E-state index in [9.17, 15) is 4.79 Å². The van der Waals surface area contributed by atoms with Crippen LogP contribution in [0.1, 0.15) is 42.3 Å². The molecule has 6 heteroatoms. The molecule has 1 aromatic heterocycles. The maximum atomic E-state index is 12.8. The zero-order chi connectivity index (χ0) is 21.5. The fourth-order valence-corrected chi connectivity index (χ4v) is 3.33. The molecule has 0 atom stereocenters. The highest BCUT2D eigenvalue weighted by molar-refractivity contribution is 6.30. The van der Waals surface area contributed by atoms with Crippen molar-refractivity contribution < 1.29 is 4.79 Å². The van der Waals surface area contributed by atoms with E-state index in [1.807, 2.05) is 55.5 Å². The molecular formula is C24H23ClN4O. The molecule has 0 spiro atoms. The van der Waals surface area contributed by atoms with Gasteiger partial charge in [-0.3, -0.25) is 4.79 Å². The van der Waals surface area contributed by atoms with Crippen LogP contribution in [-0.2, 0) is 5.41 Å². The smallest absolute Gasteiger partial charge is 0.255 e. The first-order valence-electron chi connectivity index (χ1n) is 9.76. The van der Waals surface area contributed by atoms with Gasteiger partial charge in [-0.05, 0) is 72.0 Å². The number of nitrogens with zero attached hydrogens (tertiary/aromatic N) is 3. The highest BCUT2D eigenvalue weighted by Crippen LogP contribution is 2.25. The maximum absolute atomic E-state index is 12.8. The molecule has 0 aliphatic heterocycles. The Hall–Kier alpha value is -3.18. The number of aryl methyl sites for hydroxylation is 1. The van der Waals surface area contributed by atoms with Crippen molar-refractivity contribution in [1.29, 1.82) is 0 Å². The number of amides is 1. The molecule has 1 amide bonds. The van der Waals surface area contributed by atoms with E-state index in [4.69, 9.17) is 11.6 Å². The number of benzene rings is 3. The van der Waals surface area contributed by atoms with Crippen LogP contribution in [-0.4, -0.2) is 20.9 Å². The Kier molecular flexibility index (Phi) is 5.08. The maximum Gasteiger partial charge on any atom is 0.255 e. The Morgan fingerprint density at radius 3 is 2.13 bits per heavy atom. The molecule has 0 aliphatic rings. The Morgan fingerprint density at radius 2 is 1.53 bits per heavy atom. The number of halogens is 1. The monoisotopic (exact) mass is 418 g/mol. The van der Waals surface area contributed by atoms with Gasteiger partial charge in [-0.1, -0.05) is 44.5 Å². The van der Waals surface area contributed by atoms with Crippen LogP contribution in [0.5, 0.6) is 0 Å². The van der Waals surface area contributed by atoms with Crippen molar-refractivity contribution in [2.75, 3.05) is 5.32 Å². The van der Waals surface area contributed by atoms with Crippen molar-refractivity contribution in [1.82, 2.24) is 15.0 Å². The standard InChI is InChI=1S/C24H23ClN4O/c1-15-13-21-22(28-29(27-21)19-11-9-18(25)10-12-19)14-20(15)26-23(30)16-5-7-17(8-6-16)24(2,3)4/h5-14H,1-4H3,(H,26,30). The summed E-state index contributed by atoms with van der Waals surface area (Å²) in [6.45, 7) is 8.40. The third-order valence-corrected chi connectivity index (χ3v) is 5.30. The highest BCUT2D eigenvalue weighted by atomic mass is 35.5. The van der Waals surface area contributed by atoms with Gasteiger partial charge in [0.1, 0.15) is 11.0 Å². The Bertz CT molecular complexity index is 1220. The number of fused-ring (bicyclic) bond motifs is 1. The number of carbonyl (C=O) groups excluding carboxylic acids is 1. The minimum atomic E-state index is -0.150. The second-order valence-corrected chi connectivity index (χ2v) is 8.84. The van der Waals surface area contributed by atoms with Gasteiger partial charge < -0.3 is 5.32 Å². The van der Waals surface area contributed by atoms with Gasteiger partial charge in [0.25, 0.3) is 5.91 Å². The summed E-state index contributed by atoms with van der Waals surface area (Å²) in [7, 11) is 0. The van der Waals surface area contributed by atoms with Crippen LogP contribution in [0.2, 0.25) is 5.02 Å². The van der Waals surface area contributed by atoms with Gasteiger partial charge in [0.15, 0.2) is 0 Å². The SMILES string of the molecule is Cc1cc2nn(-c3ccc(Cl)cc3)nc2cc1NC(=O)c1ccc(C(C)(C)C)cc1. The molecule has 0 fully saturated rings. The molecule has 0 saturated carbocycles. The number of anilines is 1. The Labute approximate surface area is 180 Å². The van der Waals surface area contributed by atoms with Crippen LogP contribution in [0.4, 0.5) is 5.69 Å². The molecule has 0 unspecified atom stereocenters. The number of carbonyl (C=O) groups is 1. The van der Waals surface area contributed by atoms with Gasteiger partial charge >= 0.3 is 0 Å². The van der Waals surface area contributed by atoms with Gasteiger partial charge in [-0.25, -0.2) is 0 Å². The van der Waals surface area contributed by atoms with Gasteiger partial charge in [0, 0.05) is 16.3 Å². The lowest BCUT2D eigenvalue weighted by Gasteiger charge is -2.19.